The largest absolute Gasteiger partial charge is 0.491 e. The van der Waals surface area contributed by atoms with Crippen molar-refractivity contribution < 1.29 is 32.7 Å². The number of ether oxygens (including phenoxy) is 1. The van der Waals surface area contributed by atoms with E-state index in [0.29, 0.717) is 18.9 Å². The maximum Gasteiger partial charge on any atom is 0.255 e. The Morgan fingerprint density at radius 1 is 1.00 bits per heavy atom. The zero-order valence-electron chi connectivity index (χ0n) is 24.7. The number of carbonyl (C=O) groups is 4. The summed E-state index contributed by atoms with van der Waals surface area (Å²) in [5.74, 6) is -3.30. The van der Waals surface area contributed by atoms with Crippen LogP contribution in [0.15, 0.2) is 42.5 Å². The number of nitrogens with zero attached hydrogens (tertiary/aromatic N) is 1. The second-order valence-electron chi connectivity index (χ2n) is 11.5. The van der Waals surface area contributed by atoms with Crippen molar-refractivity contribution in [2.45, 2.75) is 71.6 Å². The molecule has 0 saturated heterocycles. The molecule has 0 aliphatic carbocycles. The van der Waals surface area contributed by atoms with Gasteiger partial charge in [-0.3, -0.25) is 19.2 Å². The van der Waals surface area contributed by atoms with Crippen LogP contribution < -0.4 is 20.7 Å². The van der Waals surface area contributed by atoms with Gasteiger partial charge < -0.3 is 25.6 Å². The van der Waals surface area contributed by atoms with Gasteiger partial charge in [-0.1, -0.05) is 39.8 Å². The van der Waals surface area contributed by atoms with Crippen molar-refractivity contribution in [3.63, 3.8) is 0 Å². The number of halogens is 2. The van der Waals surface area contributed by atoms with Gasteiger partial charge in [-0.2, -0.15) is 0 Å². The minimum Gasteiger partial charge on any atom is -0.491 e. The predicted molar refractivity (Wildman–Crippen MR) is 153 cm³/mol. The minimum atomic E-state index is -1.35. The van der Waals surface area contributed by atoms with Crippen LogP contribution in [0.1, 0.15) is 62.9 Å². The molecule has 1 aliphatic rings. The normalized spacial score (nSPS) is 20.4. The van der Waals surface area contributed by atoms with Crippen LogP contribution in [0.4, 0.5) is 8.78 Å². The van der Waals surface area contributed by atoms with Gasteiger partial charge in [0, 0.05) is 19.7 Å². The van der Waals surface area contributed by atoms with Crippen molar-refractivity contribution in [2.24, 2.45) is 11.8 Å². The summed E-state index contributed by atoms with van der Waals surface area (Å²) in [5.41, 5.74) is 0.313. The predicted octanol–water partition coefficient (Wildman–Crippen LogP) is 3.57. The second kappa shape index (κ2) is 14.7. The number of benzene rings is 2. The highest BCUT2D eigenvalue weighted by Gasteiger charge is 2.33. The number of likely N-dealkylation sites (N-methyl/N-ethyl adjacent to an activating group) is 1. The maximum absolute atomic E-state index is 13.7. The molecule has 3 N–H and O–H groups in total. The van der Waals surface area contributed by atoms with E-state index >= 15 is 0 Å². The molecule has 0 unspecified atom stereocenters. The van der Waals surface area contributed by atoms with E-state index < -0.39 is 47.9 Å². The average molecular weight is 587 g/mol. The van der Waals surface area contributed by atoms with Gasteiger partial charge in [-0.25, -0.2) is 8.78 Å². The molecule has 3 rings (SSSR count). The molecule has 9 nitrogen and oxygen atoms in total. The summed E-state index contributed by atoms with van der Waals surface area (Å²) in [6.07, 6.45) is 0.525. The number of hydrogen-bond donors (Lipinski definition) is 3. The Labute approximate surface area is 245 Å². The molecule has 1 heterocycles. The first kappa shape index (κ1) is 32.5. The summed E-state index contributed by atoms with van der Waals surface area (Å²) in [6.45, 7) is 7.81. The van der Waals surface area contributed by atoms with E-state index in [9.17, 15) is 28.0 Å². The molecule has 42 heavy (non-hydrogen) atoms. The molecule has 228 valence electrons. The molecule has 0 aromatic heterocycles. The molecule has 2 aromatic carbocycles. The van der Waals surface area contributed by atoms with Crippen LogP contribution in [0.5, 0.6) is 5.75 Å². The molecule has 1 aliphatic heterocycles. The van der Waals surface area contributed by atoms with Gasteiger partial charge in [0.25, 0.3) is 5.91 Å². The van der Waals surface area contributed by atoms with Gasteiger partial charge in [0.15, 0.2) is 0 Å². The van der Waals surface area contributed by atoms with E-state index in [4.69, 9.17) is 4.74 Å². The fourth-order valence-corrected chi connectivity index (χ4v) is 4.88. The highest BCUT2D eigenvalue weighted by atomic mass is 19.1. The fraction of sp³-hybridized carbons (Fsp3) is 0.484. The van der Waals surface area contributed by atoms with Crippen molar-refractivity contribution in [2.75, 3.05) is 13.7 Å². The van der Waals surface area contributed by atoms with Gasteiger partial charge in [0.1, 0.15) is 36.1 Å². The van der Waals surface area contributed by atoms with E-state index in [2.05, 4.69) is 16.0 Å². The first-order valence-corrected chi connectivity index (χ1v) is 14.1. The molecule has 0 fully saturated rings. The van der Waals surface area contributed by atoms with Crippen LogP contribution in [0.25, 0.3) is 0 Å². The van der Waals surface area contributed by atoms with Gasteiger partial charge >= 0.3 is 0 Å². The quantitative estimate of drug-likeness (QED) is 0.459. The number of nitrogens with one attached hydrogen (secondary N) is 3. The Balaban J connectivity index is 1.94. The fourth-order valence-electron chi connectivity index (χ4n) is 4.88. The van der Waals surface area contributed by atoms with E-state index in [1.807, 2.05) is 27.7 Å². The third kappa shape index (κ3) is 9.25. The monoisotopic (exact) mass is 586 g/mol. The van der Waals surface area contributed by atoms with Crippen molar-refractivity contribution in [1.29, 1.82) is 0 Å². The Kier molecular flexibility index (Phi) is 11.4. The molecule has 0 saturated carbocycles. The van der Waals surface area contributed by atoms with E-state index in [1.54, 1.807) is 30.1 Å². The van der Waals surface area contributed by atoms with Gasteiger partial charge in [0.05, 0.1) is 18.0 Å². The Hall–Kier alpha value is -4.02. The summed E-state index contributed by atoms with van der Waals surface area (Å²) < 4.78 is 33.3. The first-order valence-electron chi connectivity index (χ1n) is 14.1. The molecule has 4 amide bonds. The number of para-hydroxylation sites is 1. The smallest absolute Gasteiger partial charge is 0.255 e. The molecule has 3 atom stereocenters. The lowest BCUT2D eigenvalue weighted by molar-refractivity contribution is -0.138. The van der Waals surface area contributed by atoms with Crippen molar-refractivity contribution in [3.05, 3.63) is 65.2 Å². The summed E-state index contributed by atoms with van der Waals surface area (Å²) in [4.78, 5) is 55.1. The zero-order chi connectivity index (χ0) is 31.0. The van der Waals surface area contributed by atoms with E-state index in [0.717, 1.165) is 12.1 Å². The lowest BCUT2D eigenvalue weighted by Crippen LogP contribution is -2.54. The van der Waals surface area contributed by atoms with Gasteiger partial charge in [0.2, 0.25) is 17.7 Å². The molecule has 0 spiro atoms. The highest BCUT2D eigenvalue weighted by molar-refractivity contribution is 6.01. The van der Waals surface area contributed by atoms with Gasteiger partial charge in [-0.05, 0) is 54.5 Å². The maximum atomic E-state index is 13.7. The van der Waals surface area contributed by atoms with Crippen LogP contribution >= 0.6 is 0 Å². The Morgan fingerprint density at radius 3 is 2.29 bits per heavy atom. The van der Waals surface area contributed by atoms with Crippen LogP contribution in [0.3, 0.4) is 0 Å². The Morgan fingerprint density at radius 2 is 1.64 bits per heavy atom. The van der Waals surface area contributed by atoms with Crippen molar-refractivity contribution in [1.82, 2.24) is 20.9 Å². The number of hydrogen-bond acceptors (Lipinski definition) is 5. The summed E-state index contributed by atoms with van der Waals surface area (Å²) in [5, 5.41) is 7.89. The minimum absolute atomic E-state index is 0.0728. The third-order valence-electron chi connectivity index (χ3n) is 6.94. The number of amides is 4. The first-order chi connectivity index (χ1) is 19.8. The topological polar surface area (TPSA) is 117 Å². The molecule has 2 aromatic rings. The summed E-state index contributed by atoms with van der Waals surface area (Å²) in [7, 11) is 1.67. The van der Waals surface area contributed by atoms with Crippen LogP contribution in [-0.4, -0.2) is 60.3 Å². The van der Waals surface area contributed by atoms with Crippen LogP contribution in [0, 0.1) is 23.5 Å². The number of fused-ring (bicyclic) bond motifs is 1. The average Bonchev–Trinajstić information content (AvgIpc) is 2.91. The van der Waals surface area contributed by atoms with Crippen LogP contribution in [-0.2, 0) is 20.9 Å². The van der Waals surface area contributed by atoms with Gasteiger partial charge in [-0.15, -0.1) is 0 Å². The number of rotatable bonds is 7. The van der Waals surface area contributed by atoms with Crippen molar-refractivity contribution in [3.8, 4) is 5.75 Å². The molecular weight excluding hydrogens is 546 g/mol. The lowest BCUT2D eigenvalue weighted by atomic mass is 9.99. The standard InChI is InChI=1S/C31H40F2N4O5/c1-18(2)10-23-17-42-27-9-7-6-8-24(27)29(39)36-25(30(40)34-16-20-12-21(32)14-22(33)13-20)15-28(38)35-26(11-19(3)4)31(41)37(23)5/h6-9,12-14,18-19,23,25-26H,10-11,15-17H2,1-5H3,(H,34,40)(H,35,38)(H,36,39)/t23-,25-,26+/m0/s1. The molecule has 0 bridgehead atoms. The van der Waals surface area contributed by atoms with E-state index in [-0.39, 0.29) is 53.8 Å². The second-order valence-corrected chi connectivity index (χ2v) is 11.5. The van der Waals surface area contributed by atoms with Crippen molar-refractivity contribution >= 4 is 23.6 Å². The summed E-state index contributed by atoms with van der Waals surface area (Å²) in [6, 6.07) is 6.82. The molecule has 0 radical (unpaired) electrons. The molecular formula is C31H40F2N4O5. The SMILES string of the molecule is CC(C)C[C@H]1COc2ccccc2C(=O)N[C@H](C(=O)NCc2cc(F)cc(F)c2)CC(=O)N[C@H](CC(C)C)C(=O)N1C. The third-order valence-corrected chi connectivity index (χ3v) is 6.94. The van der Waals surface area contributed by atoms with E-state index in [1.165, 1.54) is 6.07 Å². The lowest BCUT2D eigenvalue weighted by Gasteiger charge is -2.33. The highest BCUT2D eigenvalue weighted by Crippen LogP contribution is 2.22. The molecule has 11 heteroatoms. The van der Waals surface area contributed by atoms with Crippen LogP contribution in [0.2, 0.25) is 0 Å². The number of carbonyl (C=O) groups excluding carboxylic acids is 4. The zero-order valence-corrected chi connectivity index (χ0v) is 24.7. The summed E-state index contributed by atoms with van der Waals surface area (Å²) >= 11 is 0. The Bertz CT molecular complexity index is 1270.